The lowest BCUT2D eigenvalue weighted by Gasteiger charge is -2.24. The molecule has 23 heavy (non-hydrogen) atoms. The van der Waals surface area contributed by atoms with Gasteiger partial charge >= 0.3 is 6.09 Å². The molecule has 0 aliphatic heterocycles. The molecule has 0 radical (unpaired) electrons. The third kappa shape index (κ3) is 4.31. The van der Waals surface area contributed by atoms with Crippen LogP contribution in [0.15, 0.2) is 12.5 Å². The minimum atomic E-state index is -0.529. The van der Waals surface area contributed by atoms with Gasteiger partial charge in [0.15, 0.2) is 5.82 Å². The summed E-state index contributed by atoms with van der Waals surface area (Å²) in [6.07, 6.45) is 2.89. The number of hydrogen-bond acceptors (Lipinski definition) is 4. The average Bonchev–Trinajstić information content (AvgIpc) is 2.75. The minimum absolute atomic E-state index is 0.0946. The highest BCUT2D eigenvalue weighted by molar-refractivity contribution is 6.33. The smallest absolute Gasteiger partial charge is 0.410 e. The van der Waals surface area contributed by atoms with E-state index in [1.54, 1.807) is 11.6 Å². The molecule has 126 valence electrons. The largest absolute Gasteiger partial charge is 0.444 e. The number of aryl methyl sites for hydroxylation is 1. The Hall–Kier alpha value is -1.89. The van der Waals surface area contributed by atoms with Crippen molar-refractivity contribution in [3.05, 3.63) is 23.5 Å². The maximum absolute atomic E-state index is 13.9. The summed E-state index contributed by atoms with van der Waals surface area (Å²) in [5.41, 5.74) is -0.0823. The summed E-state index contributed by atoms with van der Waals surface area (Å²) in [7, 11) is 1.67. The molecular weight excluding hydrogens is 323 g/mol. The second-order valence-corrected chi connectivity index (χ2v) is 6.65. The Labute approximate surface area is 139 Å². The quantitative estimate of drug-likeness (QED) is 0.798. The van der Waals surface area contributed by atoms with Gasteiger partial charge in [0.2, 0.25) is 0 Å². The summed E-state index contributed by atoms with van der Waals surface area (Å²) in [6, 6.07) is 0. The van der Waals surface area contributed by atoms with Crippen LogP contribution in [0.5, 0.6) is 0 Å². The predicted molar refractivity (Wildman–Crippen MR) is 86.0 cm³/mol. The van der Waals surface area contributed by atoms with Crippen LogP contribution in [-0.4, -0.2) is 44.7 Å². The predicted octanol–water partition coefficient (Wildman–Crippen LogP) is 3.48. The molecule has 6 nitrogen and oxygen atoms in total. The van der Waals surface area contributed by atoms with Gasteiger partial charge in [0.25, 0.3) is 0 Å². The molecule has 0 N–H and O–H groups in total. The Kier molecular flexibility index (Phi) is 5.09. The SMILES string of the molecule is CN(CCCn1cc(F)c2c(Cl)ncnc21)C(=O)OC(C)(C)C. The molecule has 8 heteroatoms. The Morgan fingerprint density at radius 3 is 2.78 bits per heavy atom. The number of aromatic nitrogens is 3. The molecular formula is C15H20ClFN4O2. The second-order valence-electron chi connectivity index (χ2n) is 6.29. The highest BCUT2D eigenvalue weighted by Crippen LogP contribution is 2.24. The number of nitrogens with zero attached hydrogens (tertiary/aromatic N) is 4. The van der Waals surface area contributed by atoms with Crippen LogP contribution >= 0.6 is 11.6 Å². The van der Waals surface area contributed by atoms with Gasteiger partial charge in [0.05, 0.1) is 5.39 Å². The van der Waals surface area contributed by atoms with Gasteiger partial charge in [-0.05, 0) is 27.2 Å². The van der Waals surface area contributed by atoms with E-state index in [2.05, 4.69) is 9.97 Å². The highest BCUT2D eigenvalue weighted by Gasteiger charge is 2.19. The number of rotatable bonds is 4. The maximum Gasteiger partial charge on any atom is 0.410 e. The normalized spacial score (nSPS) is 11.7. The van der Waals surface area contributed by atoms with E-state index in [9.17, 15) is 9.18 Å². The number of ether oxygens (including phenoxy) is 1. The number of halogens is 2. The van der Waals surface area contributed by atoms with Crippen LogP contribution in [0.25, 0.3) is 11.0 Å². The van der Waals surface area contributed by atoms with E-state index in [1.807, 2.05) is 20.8 Å². The summed E-state index contributed by atoms with van der Waals surface area (Å²) >= 11 is 5.89. The first-order chi connectivity index (χ1) is 10.7. The van der Waals surface area contributed by atoms with Gasteiger partial charge < -0.3 is 14.2 Å². The lowest BCUT2D eigenvalue weighted by molar-refractivity contribution is 0.0295. The van der Waals surface area contributed by atoms with Crippen LogP contribution in [0, 0.1) is 5.82 Å². The zero-order valence-electron chi connectivity index (χ0n) is 13.6. The molecule has 2 aromatic heterocycles. The van der Waals surface area contributed by atoms with Crippen molar-refractivity contribution in [1.82, 2.24) is 19.4 Å². The lowest BCUT2D eigenvalue weighted by atomic mass is 10.2. The molecule has 0 bridgehead atoms. The summed E-state index contributed by atoms with van der Waals surface area (Å²) in [5.74, 6) is -0.453. The van der Waals surface area contributed by atoms with Crippen molar-refractivity contribution in [2.75, 3.05) is 13.6 Å². The van der Waals surface area contributed by atoms with Gasteiger partial charge in [-0.3, -0.25) is 0 Å². The zero-order valence-corrected chi connectivity index (χ0v) is 14.4. The molecule has 0 fully saturated rings. The fourth-order valence-electron chi connectivity index (χ4n) is 2.12. The monoisotopic (exact) mass is 342 g/mol. The maximum atomic E-state index is 13.9. The number of fused-ring (bicyclic) bond motifs is 1. The third-order valence-electron chi connectivity index (χ3n) is 3.16. The van der Waals surface area contributed by atoms with Crippen molar-refractivity contribution in [2.45, 2.75) is 39.3 Å². The van der Waals surface area contributed by atoms with Crippen molar-refractivity contribution in [2.24, 2.45) is 0 Å². The Bertz CT molecular complexity index is 711. The molecule has 0 saturated heterocycles. The summed E-state index contributed by atoms with van der Waals surface area (Å²) < 4.78 is 20.8. The lowest BCUT2D eigenvalue weighted by Crippen LogP contribution is -2.35. The molecule has 2 rings (SSSR count). The number of hydrogen-bond donors (Lipinski definition) is 0. The van der Waals surface area contributed by atoms with E-state index in [4.69, 9.17) is 16.3 Å². The van der Waals surface area contributed by atoms with E-state index in [0.29, 0.717) is 25.2 Å². The fourth-order valence-corrected chi connectivity index (χ4v) is 2.34. The molecule has 0 unspecified atom stereocenters. The molecule has 0 spiro atoms. The highest BCUT2D eigenvalue weighted by atomic mass is 35.5. The first-order valence-corrected chi connectivity index (χ1v) is 7.66. The van der Waals surface area contributed by atoms with E-state index >= 15 is 0 Å². The molecule has 2 aromatic rings. The molecule has 0 aliphatic rings. The van der Waals surface area contributed by atoms with E-state index in [0.717, 1.165) is 0 Å². The molecule has 0 atom stereocenters. The zero-order chi connectivity index (χ0) is 17.2. The molecule has 0 aliphatic carbocycles. The number of carbonyl (C=O) groups excluding carboxylic acids is 1. The van der Waals surface area contributed by atoms with E-state index in [1.165, 1.54) is 17.4 Å². The standard InChI is InChI=1S/C15H20ClFN4O2/c1-15(2,3)23-14(22)20(4)6-5-7-21-8-10(17)11-12(16)18-9-19-13(11)21/h8-9H,5-7H2,1-4H3. The van der Waals surface area contributed by atoms with Crippen LogP contribution in [0.4, 0.5) is 9.18 Å². The first kappa shape index (κ1) is 17.5. The van der Waals surface area contributed by atoms with E-state index < -0.39 is 11.4 Å². The van der Waals surface area contributed by atoms with Gasteiger partial charge in [-0.25, -0.2) is 19.2 Å². The number of carbonyl (C=O) groups is 1. The molecule has 0 aromatic carbocycles. The topological polar surface area (TPSA) is 60.2 Å². The second kappa shape index (κ2) is 6.70. The Balaban J connectivity index is 1.97. The molecule has 2 heterocycles. The summed E-state index contributed by atoms with van der Waals surface area (Å²) in [6.45, 7) is 6.43. The fraction of sp³-hybridized carbons (Fsp3) is 0.533. The van der Waals surface area contributed by atoms with Crippen LogP contribution in [0.2, 0.25) is 5.15 Å². The van der Waals surface area contributed by atoms with Crippen molar-refractivity contribution < 1.29 is 13.9 Å². The first-order valence-electron chi connectivity index (χ1n) is 7.28. The summed E-state index contributed by atoms with van der Waals surface area (Å²) in [5, 5.41) is 0.312. The van der Waals surface area contributed by atoms with Crippen molar-refractivity contribution >= 4 is 28.7 Å². The molecule has 1 amide bonds. The summed E-state index contributed by atoms with van der Waals surface area (Å²) in [4.78, 5) is 21.2. The van der Waals surface area contributed by atoms with Crippen molar-refractivity contribution in [3.63, 3.8) is 0 Å². The van der Waals surface area contributed by atoms with E-state index in [-0.39, 0.29) is 16.6 Å². The average molecular weight is 343 g/mol. The van der Waals surface area contributed by atoms with Crippen LogP contribution in [-0.2, 0) is 11.3 Å². The van der Waals surface area contributed by atoms with Gasteiger partial charge in [-0.15, -0.1) is 0 Å². The van der Waals surface area contributed by atoms with Crippen LogP contribution in [0.3, 0.4) is 0 Å². The number of amides is 1. The van der Waals surface area contributed by atoms with Gasteiger partial charge in [0, 0.05) is 26.3 Å². The van der Waals surface area contributed by atoms with Crippen LogP contribution in [0.1, 0.15) is 27.2 Å². The third-order valence-corrected chi connectivity index (χ3v) is 3.45. The van der Waals surface area contributed by atoms with Crippen LogP contribution < -0.4 is 0 Å². The van der Waals surface area contributed by atoms with Crippen molar-refractivity contribution in [3.8, 4) is 0 Å². The Morgan fingerprint density at radius 1 is 1.43 bits per heavy atom. The molecule has 0 saturated carbocycles. The minimum Gasteiger partial charge on any atom is -0.444 e. The Morgan fingerprint density at radius 2 is 2.13 bits per heavy atom. The van der Waals surface area contributed by atoms with Crippen molar-refractivity contribution in [1.29, 1.82) is 0 Å². The van der Waals surface area contributed by atoms with Gasteiger partial charge in [-0.2, -0.15) is 0 Å². The van der Waals surface area contributed by atoms with Gasteiger partial charge in [-0.1, -0.05) is 11.6 Å². The van der Waals surface area contributed by atoms with Gasteiger partial charge in [0.1, 0.15) is 22.7 Å².